The standard InChI is InChI=1S/C22H26N4O4/c1-13-10-17(18-14(2)25-30-20(18)23-13)19(27)24-16-9-7-8-15(11-16)12-26(6)21(28)29-22(3,4)5/h7-11H,12H2,1-6H3,(H,24,27). The lowest BCUT2D eigenvalue weighted by atomic mass is 10.1. The van der Waals surface area contributed by atoms with Gasteiger partial charge in [-0.3, -0.25) is 4.79 Å². The minimum absolute atomic E-state index is 0.283. The third-order valence-corrected chi connectivity index (χ3v) is 4.30. The average Bonchev–Trinajstić information content (AvgIpc) is 3.00. The second-order valence-electron chi connectivity index (χ2n) is 8.25. The van der Waals surface area contributed by atoms with Crippen molar-refractivity contribution in [2.24, 2.45) is 0 Å². The van der Waals surface area contributed by atoms with E-state index in [9.17, 15) is 9.59 Å². The third-order valence-electron chi connectivity index (χ3n) is 4.30. The second kappa shape index (κ2) is 8.14. The van der Waals surface area contributed by atoms with Crippen LogP contribution in [0.15, 0.2) is 34.9 Å². The average molecular weight is 410 g/mol. The van der Waals surface area contributed by atoms with Crippen molar-refractivity contribution >= 4 is 28.8 Å². The molecule has 0 unspecified atom stereocenters. The fourth-order valence-corrected chi connectivity index (χ4v) is 3.02. The van der Waals surface area contributed by atoms with Crippen LogP contribution in [0.2, 0.25) is 0 Å². The number of pyridine rings is 1. The molecule has 158 valence electrons. The molecule has 0 aliphatic rings. The molecule has 8 nitrogen and oxygen atoms in total. The van der Waals surface area contributed by atoms with E-state index in [1.807, 2.05) is 39.0 Å². The number of aromatic nitrogens is 2. The number of amides is 2. The van der Waals surface area contributed by atoms with Gasteiger partial charge in [-0.2, -0.15) is 0 Å². The van der Waals surface area contributed by atoms with E-state index in [0.717, 1.165) is 5.56 Å². The van der Waals surface area contributed by atoms with Gasteiger partial charge >= 0.3 is 6.09 Å². The van der Waals surface area contributed by atoms with Gasteiger partial charge in [-0.1, -0.05) is 17.3 Å². The van der Waals surface area contributed by atoms with Crippen molar-refractivity contribution in [3.05, 3.63) is 52.8 Å². The number of fused-ring (bicyclic) bond motifs is 1. The number of ether oxygens (including phenoxy) is 1. The number of rotatable bonds is 4. The van der Waals surface area contributed by atoms with E-state index in [2.05, 4.69) is 15.5 Å². The molecule has 0 aliphatic heterocycles. The van der Waals surface area contributed by atoms with Gasteiger partial charge in [0.1, 0.15) is 5.60 Å². The highest BCUT2D eigenvalue weighted by molar-refractivity contribution is 6.12. The van der Waals surface area contributed by atoms with Crippen LogP contribution in [-0.2, 0) is 11.3 Å². The van der Waals surface area contributed by atoms with Crippen molar-refractivity contribution in [3.8, 4) is 0 Å². The summed E-state index contributed by atoms with van der Waals surface area (Å²) in [4.78, 5) is 30.9. The zero-order valence-corrected chi connectivity index (χ0v) is 18.1. The van der Waals surface area contributed by atoms with Gasteiger partial charge in [-0.15, -0.1) is 0 Å². The van der Waals surface area contributed by atoms with Gasteiger partial charge < -0.3 is 19.5 Å². The molecule has 0 saturated carbocycles. The van der Waals surface area contributed by atoms with Crippen molar-refractivity contribution in [1.29, 1.82) is 0 Å². The Balaban J connectivity index is 1.77. The molecular weight excluding hydrogens is 384 g/mol. The summed E-state index contributed by atoms with van der Waals surface area (Å²) >= 11 is 0. The van der Waals surface area contributed by atoms with Crippen molar-refractivity contribution in [1.82, 2.24) is 15.0 Å². The molecule has 1 aromatic carbocycles. The molecule has 0 atom stereocenters. The lowest BCUT2D eigenvalue weighted by Crippen LogP contribution is -2.33. The van der Waals surface area contributed by atoms with Crippen molar-refractivity contribution in [3.63, 3.8) is 0 Å². The van der Waals surface area contributed by atoms with Crippen molar-refractivity contribution in [2.75, 3.05) is 12.4 Å². The van der Waals surface area contributed by atoms with Crippen LogP contribution in [0.25, 0.3) is 11.1 Å². The molecule has 3 rings (SSSR count). The van der Waals surface area contributed by atoms with Crippen LogP contribution in [0.4, 0.5) is 10.5 Å². The first-order chi connectivity index (χ1) is 14.0. The molecule has 3 aromatic rings. The quantitative estimate of drug-likeness (QED) is 0.682. The van der Waals surface area contributed by atoms with Crippen LogP contribution in [-0.4, -0.2) is 39.7 Å². The molecule has 8 heteroatoms. The van der Waals surface area contributed by atoms with E-state index >= 15 is 0 Å². The third kappa shape index (κ3) is 4.94. The van der Waals surface area contributed by atoms with E-state index in [0.29, 0.717) is 40.3 Å². The number of hydrogen-bond donors (Lipinski definition) is 1. The van der Waals surface area contributed by atoms with Crippen LogP contribution >= 0.6 is 0 Å². The zero-order valence-electron chi connectivity index (χ0n) is 18.1. The Bertz CT molecular complexity index is 1100. The summed E-state index contributed by atoms with van der Waals surface area (Å²) in [5.74, 6) is -0.283. The fourth-order valence-electron chi connectivity index (χ4n) is 3.02. The molecule has 0 aliphatic carbocycles. The lowest BCUT2D eigenvalue weighted by Gasteiger charge is -2.24. The van der Waals surface area contributed by atoms with E-state index in [1.54, 1.807) is 33.0 Å². The highest BCUT2D eigenvalue weighted by atomic mass is 16.6. The topological polar surface area (TPSA) is 97.6 Å². The van der Waals surface area contributed by atoms with E-state index < -0.39 is 11.7 Å². The Labute approximate surface area is 175 Å². The van der Waals surface area contributed by atoms with Crippen LogP contribution in [0.3, 0.4) is 0 Å². The molecule has 0 bridgehead atoms. The van der Waals surface area contributed by atoms with Crippen LogP contribution in [0, 0.1) is 13.8 Å². The highest BCUT2D eigenvalue weighted by Crippen LogP contribution is 2.23. The summed E-state index contributed by atoms with van der Waals surface area (Å²) in [6, 6.07) is 9.04. The normalized spacial score (nSPS) is 11.4. The van der Waals surface area contributed by atoms with Gasteiger partial charge in [0, 0.05) is 25.0 Å². The van der Waals surface area contributed by atoms with Crippen molar-refractivity contribution < 1.29 is 18.8 Å². The van der Waals surface area contributed by atoms with Crippen LogP contribution in [0.1, 0.15) is 48.1 Å². The zero-order chi connectivity index (χ0) is 22.1. The highest BCUT2D eigenvalue weighted by Gasteiger charge is 2.20. The number of nitrogens with zero attached hydrogens (tertiary/aromatic N) is 3. The molecule has 2 amide bonds. The summed E-state index contributed by atoms with van der Waals surface area (Å²) in [5, 5.41) is 7.41. The Morgan fingerprint density at radius 3 is 2.63 bits per heavy atom. The van der Waals surface area contributed by atoms with Gasteiger partial charge in [0.25, 0.3) is 11.6 Å². The maximum Gasteiger partial charge on any atom is 0.410 e. The molecule has 0 radical (unpaired) electrons. The molecule has 0 fully saturated rings. The predicted molar refractivity (Wildman–Crippen MR) is 113 cm³/mol. The number of nitrogens with one attached hydrogen (secondary N) is 1. The van der Waals surface area contributed by atoms with Gasteiger partial charge in [-0.05, 0) is 58.4 Å². The van der Waals surface area contributed by atoms with E-state index in [1.165, 1.54) is 4.90 Å². The predicted octanol–water partition coefficient (Wildman–Crippen LogP) is 4.46. The molecule has 1 N–H and O–H groups in total. The minimum Gasteiger partial charge on any atom is -0.444 e. The monoisotopic (exact) mass is 410 g/mol. The first-order valence-electron chi connectivity index (χ1n) is 9.61. The Hall–Kier alpha value is -3.42. The maximum absolute atomic E-state index is 12.9. The van der Waals surface area contributed by atoms with Gasteiger partial charge in [0.15, 0.2) is 0 Å². The summed E-state index contributed by atoms with van der Waals surface area (Å²) in [5.41, 5.74) is 2.98. The number of aryl methyl sites for hydroxylation is 2. The Morgan fingerprint density at radius 2 is 1.93 bits per heavy atom. The van der Waals surface area contributed by atoms with E-state index in [-0.39, 0.29) is 5.91 Å². The Morgan fingerprint density at radius 1 is 1.20 bits per heavy atom. The van der Waals surface area contributed by atoms with Gasteiger partial charge in [0.2, 0.25) is 0 Å². The summed E-state index contributed by atoms with van der Waals surface area (Å²) < 4.78 is 10.6. The second-order valence-corrected chi connectivity index (χ2v) is 8.25. The number of carbonyl (C=O) groups is 2. The summed E-state index contributed by atoms with van der Waals surface area (Å²) in [7, 11) is 1.67. The molecule has 0 spiro atoms. The first-order valence-corrected chi connectivity index (χ1v) is 9.61. The van der Waals surface area contributed by atoms with Gasteiger partial charge in [-0.25, -0.2) is 9.78 Å². The smallest absolute Gasteiger partial charge is 0.410 e. The fraction of sp³-hybridized carbons (Fsp3) is 0.364. The number of hydrogen-bond acceptors (Lipinski definition) is 6. The van der Waals surface area contributed by atoms with Crippen molar-refractivity contribution in [2.45, 2.75) is 46.8 Å². The SMILES string of the molecule is Cc1cc(C(=O)Nc2cccc(CN(C)C(=O)OC(C)(C)C)c2)c2c(C)noc2n1. The Kier molecular flexibility index (Phi) is 5.78. The van der Waals surface area contributed by atoms with Crippen LogP contribution < -0.4 is 5.32 Å². The number of benzene rings is 1. The van der Waals surface area contributed by atoms with Gasteiger partial charge in [0.05, 0.1) is 16.6 Å². The molecular formula is C22H26N4O4. The largest absolute Gasteiger partial charge is 0.444 e. The lowest BCUT2D eigenvalue weighted by molar-refractivity contribution is 0.0285. The van der Waals surface area contributed by atoms with E-state index in [4.69, 9.17) is 9.26 Å². The molecule has 2 aromatic heterocycles. The maximum atomic E-state index is 12.9. The molecule has 0 saturated heterocycles. The first kappa shape index (κ1) is 21.3. The summed E-state index contributed by atoms with van der Waals surface area (Å²) in [6.45, 7) is 9.38. The molecule has 2 heterocycles. The number of anilines is 1. The summed E-state index contributed by atoms with van der Waals surface area (Å²) in [6.07, 6.45) is -0.408. The van der Waals surface area contributed by atoms with Crippen LogP contribution in [0.5, 0.6) is 0 Å². The number of carbonyl (C=O) groups excluding carboxylic acids is 2. The minimum atomic E-state index is -0.560. The molecule has 30 heavy (non-hydrogen) atoms.